The van der Waals surface area contributed by atoms with E-state index < -0.39 is 0 Å². The Labute approximate surface area is 122 Å². The van der Waals surface area contributed by atoms with Crippen molar-refractivity contribution in [3.05, 3.63) is 48.2 Å². The number of nitrogens with one attached hydrogen (secondary N) is 2. The van der Waals surface area contributed by atoms with Gasteiger partial charge in [-0.25, -0.2) is 4.98 Å². The minimum absolute atomic E-state index is 0.0771. The zero-order valence-electron chi connectivity index (χ0n) is 11.7. The Bertz CT molecular complexity index is 807. The van der Waals surface area contributed by atoms with Gasteiger partial charge in [-0.05, 0) is 42.3 Å². The summed E-state index contributed by atoms with van der Waals surface area (Å²) in [5, 5.41) is 3.79. The van der Waals surface area contributed by atoms with Gasteiger partial charge in [0.25, 0.3) is 5.91 Å². The number of carbonyl (C=O) groups is 1. The normalized spacial score (nSPS) is 10.7. The van der Waals surface area contributed by atoms with E-state index in [0.717, 1.165) is 22.2 Å². The summed E-state index contributed by atoms with van der Waals surface area (Å²) in [4.78, 5) is 19.3. The van der Waals surface area contributed by atoms with E-state index in [-0.39, 0.29) is 5.91 Å². The van der Waals surface area contributed by atoms with Gasteiger partial charge in [0.1, 0.15) is 11.5 Å². The molecule has 1 amide bonds. The Balaban J connectivity index is 2.12. The van der Waals surface area contributed by atoms with E-state index in [1.165, 1.54) is 0 Å². The van der Waals surface area contributed by atoms with Crippen molar-refractivity contribution < 1.29 is 4.79 Å². The molecule has 3 rings (SSSR count). The average molecular weight is 280 g/mol. The number of nitrogens with zero attached hydrogens (tertiary/aromatic N) is 1. The van der Waals surface area contributed by atoms with Crippen molar-refractivity contribution in [3.8, 4) is 11.1 Å². The van der Waals surface area contributed by atoms with E-state index in [2.05, 4.69) is 15.3 Å². The van der Waals surface area contributed by atoms with Crippen LogP contribution in [0.15, 0.2) is 42.6 Å². The first-order chi connectivity index (χ1) is 10.2. The fourth-order valence-corrected chi connectivity index (χ4v) is 2.39. The number of amides is 1. The van der Waals surface area contributed by atoms with Crippen LogP contribution in [0.1, 0.15) is 17.3 Å². The standard InChI is InChI=1S/C16H16N4O/c1-2-18-16(21)11-5-3-4-10(8-11)13-9-14(17)20-15-12(13)6-7-19-15/h3-9H,2H2,1H3,(H,18,21)(H3,17,19,20). The highest BCUT2D eigenvalue weighted by Crippen LogP contribution is 2.29. The average Bonchev–Trinajstić information content (AvgIpc) is 2.95. The first kappa shape index (κ1) is 13.2. The zero-order valence-corrected chi connectivity index (χ0v) is 11.7. The molecule has 2 heterocycles. The lowest BCUT2D eigenvalue weighted by molar-refractivity contribution is 0.0956. The summed E-state index contributed by atoms with van der Waals surface area (Å²) < 4.78 is 0. The minimum atomic E-state index is -0.0771. The summed E-state index contributed by atoms with van der Waals surface area (Å²) in [6, 6.07) is 11.3. The fraction of sp³-hybridized carbons (Fsp3) is 0.125. The molecule has 1 aromatic carbocycles. The van der Waals surface area contributed by atoms with E-state index in [9.17, 15) is 4.79 Å². The summed E-state index contributed by atoms with van der Waals surface area (Å²) in [6.45, 7) is 2.50. The van der Waals surface area contributed by atoms with Gasteiger partial charge >= 0.3 is 0 Å². The van der Waals surface area contributed by atoms with Gasteiger partial charge in [-0.3, -0.25) is 4.79 Å². The van der Waals surface area contributed by atoms with Crippen LogP contribution in [0.3, 0.4) is 0 Å². The number of nitrogens with two attached hydrogens (primary N) is 1. The maximum Gasteiger partial charge on any atom is 0.251 e. The molecule has 0 spiro atoms. The van der Waals surface area contributed by atoms with Crippen molar-refractivity contribution in [1.29, 1.82) is 0 Å². The van der Waals surface area contributed by atoms with Crippen LogP contribution in [0.2, 0.25) is 0 Å². The van der Waals surface area contributed by atoms with Crippen molar-refractivity contribution in [3.63, 3.8) is 0 Å². The van der Waals surface area contributed by atoms with E-state index in [0.29, 0.717) is 17.9 Å². The number of carbonyl (C=O) groups excluding carboxylic acids is 1. The molecule has 0 aliphatic rings. The van der Waals surface area contributed by atoms with Crippen LogP contribution in [0.4, 0.5) is 5.82 Å². The number of rotatable bonds is 3. The van der Waals surface area contributed by atoms with Crippen LogP contribution in [0.5, 0.6) is 0 Å². The predicted octanol–water partition coefficient (Wildman–Crippen LogP) is 2.56. The highest BCUT2D eigenvalue weighted by atomic mass is 16.1. The molecule has 3 aromatic rings. The van der Waals surface area contributed by atoms with Gasteiger partial charge < -0.3 is 16.0 Å². The van der Waals surface area contributed by atoms with Crippen molar-refractivity contribution in [2.45, 2.75) is 6.92 Å². The van der Waals surface area contributed by atoms with Crippen LogP contribution < -0.4 is 11.1 Å². The Morgan fingerprint density at radius 1 is 1.33 bits per heavy atom. The smallest absolute Gasteiger partial charge is 0.251 e. The van der Waals surface area contributed by atoms with Gasteiger partial charge in [0, 0.05) is 23.7 Å². The molecule has 106 valence electrons. The number of nitrogen functional groups attached to an aromatic ring is 1. The number of hydrogen-bond acceptors (Lipinski definition) is 3. The van der Waals surface area contributed by atoms with Gasteiger partial charge in [-0.2, -0.15) is 0 Å². The SMILES string of the molecule is CCNC(=O)c1cccc(-c2cc(N)nc3[nH]ccc23)c1. The molecule has 0 aliphatic heterocycles. The minimum Gasteiger partial charge on any atom is -0.384 e. The number of aromatic nitrogens is 2. The van der Waals surface area contributed by atoms with Crippen LogP contribution in [-0.4, -0.2) is 22.4 Å². The van der Waals surface area contributed by atoms with Gasteiger partial charge in [-0.1, -0.05) is 12.1 Å². The lowest BCUT2D eigenvalue weighted by atomic mass is 10.0. The third-order valence-electron chi connectivity index (χ3n) is 3.32. The number of anilines is 1. The molecule has 4 N–H and O–H groups in total. The van der Waals surface area contributed by atoms with Gasteiger partial charge in [-0.15, -0.1) is 0 Å². The van der Waals surface area contributed by atoms with Gasteiger partial charge in [0.15, 0.2) is 0 Å². The van der Waals surface area contributed by atoms with Crippen molar-refractivity contribution in [2.24, 2.45) is 0 Å². The molecule has 0 aliphatic carbocycles. The van der Waals surface area contributed by atoms with E-state index >= 15 is 0 Å². The maximum absolute atomic E-state index is 12.0. The number of H-pyrrole nitrogens is 1. The van der Waals surface area contributed by atoms with Crippen LogP contribution >= 0.6 is 0 Å². The van der Waals surface area contributed by atoms with E-state index in [4.69, 9.17) is 5.73 Å². The van der Waals surface area contributed by atoms with E-state index in [1.807, 2.05) is 43.5 Å². The van der Waals surface area contributed by atoms with Crippen molar-refractivity contribution in [1.82, 2.24) is 15.3 Å². The van der Waals surface area contributed by atoms with Crippen LogP contribution in [0, 0.1) is 0 Å². The Kier molecular flexibility index (Phi) is 3.31. The highest BCUT2D eigenvalue weighted by molar-refractivity contribution is 5.98. The summed E-state index contributed by atoms with van der Waals surface area (Å²) in [5.41, 5.74) is 9.14. The Morgan fingerprint density at radius 3 is 3.00 bits per heavy atom. The quantitative estimate of drug-likeness (QED) is 0.689. The Morgan fingerprint density at radius 2 is 2.19 bits per heavy atom. The highest BCUT2D eigenvalue weighted by Gasteiger charge is 2.10. The molecule has 0 radical (unpaired) electrons. The number of pyridine rings is 1. The molecule has 0 unspecified atom stereocenters. The molecule has 0 bridgehead atoms. The fourth-order valence-electron chi connectivity index (χ4n) is 2.39. The third kappa shape index (κ3) is 2.45. The number of hydrogen-bond donors (Lipinski definition) is 3. The largest absolute Gasteiger partial charge is 0.384 e. The molecular formula is C16H16N4O. The molecule has 5 heteroatoms. The topological polar surface area (TPSA) is 83.8 Å². The summed E-state index contributed by atoms with van der Waals surface area (Å²) >= 11 is 0. The van der Waals surface area contributed by atoms with Crippen LogP contribution in [-0.2, 0) is 0 Å². The lowest BCUT2D eigenvalue weighted by Crippen LogP contribution is -2.22. The lowest BCUT2D eigenvalue weighted by Gasteiger charge is -2.08. The second-order valence-electron chi connectivity index (χ2n) is 4.77. The summed E-state index contributed by atoms with van der Waals surface area (Å²) in [5.74, 6) is 0.370. The van der Waals surface area contributed by atoms with Crippen molar-refractivity contribution in [2.75, 3.05) is 12.3 Å². The molecule has 2 aromatic heterocycles. The maximum atomic E-state index is 12.0. The second kappa shape index (κ2) is 5.28. The third-order valence-corrected chi connectivity index (χ3v) is 3.32. The van der Waals surface area contributed by atoms with E-state index in [1.54, 1.807) is 6.07 Å². The molecule has 0 fully saturated rings. The molecule has 0 atom stereocenters. The number of aromatic amines is 1. The molecule has 5 nitrogen and oxygen atoms in total. The number of fused-ring (bicyclic) bond motifs is 1. The second-order valence-corrected chi connectivity index (χ2v) is 4.77. The zero-order chi connectivity index (χ0) is 14.8. The summed E-state index contributed by atoms with van der Waals surface area (Å²) in [6.07, 6.45) is 1.83. The predicted molar refractivity (Wildman–Crippen MR) is 83.9 cm³/mol. The van der Waals surface area contributed by atoms with Gasteiger partial charge in [0.05, 0.1) is 0 Å². The molecule has 0 saturated carbocycles. The van der Waals surface area contributed by atoms with Gasteiger partial charge in [0.2, 0.25) is 0 Å². The molecular weight excluding hydrogens is 264 g/mol. The first-order valence-corrected chi connectivity index (χ1v) is 6.81. The van der Waals surface area contributed by atoms with Crippen molar-refractivity contribution >= 4 is 22.8 Å². The monoisotopic (exact) mass is 280 g/mol. The first-order valence-electron chi connectivity index (χ1n) is 6.81. The Hall–Kier alpha value is -2.82. The molecule has 0 saturated heterocycles. The van der Waals surface area contributed by atoms with Crippen LogP contribution in [0.25, 0.3) is 22.2 Å². The molecule has 21 heavy (non-hydrogen) atoms. The number of benzene rings is 1. The summed E-state index contributed by atoms with van der Waals surface area (Å²) in [7, 11) is 0.